The fourth-order valence-corrected chi connectivity index (χ4v) is 3.04. The van der Waals surface area contributed by atoms with Gasteiger partial charge in [0.2, 0.25) is 0 Å². The predicted molar refractivity (Wildman–Crippen MR) is 74.2 cm³/mol. The molecule has 1 aromatic carbocycles. The van der Waals surface area contributed by atoms with Gasteiger partial charge in [-0.05, 0) is 40.2 Å². The highest BCUT2D eigenvalue weighted by atomic mass is 79.9. The summed E-state index contributed by atoms with van der Waals surface area (Å²) in [6.07, 6.45) is 1.29. The van der Waals surface area contributed by atoms with E-state index < -0.39 is 20.7 Å². The van der Waals surface area contributed by atoms with Crippen LogP contribution in [0.25, 0.3) is 0 Å². The third-order valence-corrected chi connectivity index (χ3v) is 4.38. The fraction of sp³-hybridized carbons (Fsp3) is 0. The van der Waals surface area contributed by atoms with Crippen molar-refractivity contribution in [2.45, 2.75) is 4.90 Å². The molecule has 0 atom stereocenters. The Morgan fingerprint density at radius 3 is 2.63 bits per heavy atom. The molecule has 100 valence electrons. The SMILES string of the molecule is O=S(=O)(Nc1ccc(Cl)cn1)c1cccc(Br)c1F. The van der Waals surface area contributed by atoms with Crippen LogP contribution < -0.4 is 4.72 Å². The van der Waals surface area contributed by atoms with Crippen molar-refractivity contribution < 1.29 is 12.8 Å². The van der Waals surface area contributed by atoms with Gasteiger partial charge in [0, 0.05) is 6.20 Å². The summed E-state index contributed by atoms with van der Waals surface area (Å²) in [4.78, 5) is 3.33. The topological polar surface area (TPSA) is 59.1 Å². The Balaban J connectivity index is 2.38. The number of sulfonamides is 1. The first-order valence-corrected chi connectivity index (χ1v) is 7.64. The van der Waals surface area contributed by atoms with Crippen molar-refractivity contribution in [1.82, 2.24) is 4.98 Å². The minimum absolute atomic E-state index is 0.0591. The maximum absolute atomic E-state index is 13.8. The molecule has 0 aliphatic rings. The lowest BCUT2D eigenvalue weighted by atomic mass is 10.3. The van der Waals surface area contributed by atoms with E-state index in [9.17, 15) is 12.8 Å². The van der Waals surface area contributed by atoms with Crippen LogP contribution in [-0.2, 0) is 10.0 Å². The predicted octanol–water partition coefficient (Wildman–Crippen LogP) is 3.44. The van der Waals surface area contributed by atoms with E-state index in [1.54, 1.807) is 0 Å². The number of benzene rings is 1. The molecule has 1 N–H and O–H groups in total. The van der Waals surface area contributed by atoms with Crippen molar-refractivity contribution in [3.8, 4) is 0 Å². The highest BCUT2D eigenvalue weighted by Crippen LogP contribution is 2.24. The molecule has 0 saturated carbocycles. The molecule has 0 amide bonds. The van der Waals surface area contributed by atoms with Gasteiger partial charge in [-0.2, -0.15) is 0 Å². The number of nitrogens with zero attached hydrogens (tertiary/aromatic N) is 1. The number of pyridine rings is 1. The largest absolute Gasteiger partial charge is 0.266 e. The van der Waals surface area contributed by atoms with Gasteiger partial charge in [-0.15, -0.1) is 0 Å². The van der Waals surface area contributed by atoms with Gasteiger partial charge in [0.15, 0.2) is 5.82 Å². The number of hydrogen-bond donors (Lipinski definition) is 1. The number of aromatic nitrogens is 1. The lowest BCUT2D eigenvalue weighted by molar-refractivity contribution is 0.566. The summed E-state index contributed by atoms with van der Waals surface area (Å²) < 4.78 is 40.0. The maximum atomic E-state index is 13.8. The molecule has 4 nitrogen and oxygen atoms in total. The standard InChI is InChI=1S/C11H7BrClFN2O2S/c12-8-2-1-3-9(11(8)14)19(17,18)16-10-5-4-7(13)6-15-10/h1-6H,(H,15,16). The number of anilines is 1. The van der Waals surface area contributed by atoms with Gasteiger partial charge in [-0.3, -0.25) is 4.72 Å². The Kier molecular flexibility index (Phi) is 4.07. The average Bonchev–Trinajstić information content (AvgIpc) is 2.35. The molecule has 2 aromatic rings. The van der Waals surface area contributed by atoms with Crippen LogP contribution in [0.2, 0.25) is 5.02 Å². The monoisotopic (exact) mass is 364 g/mol. The van der Waals surface area contributed by atoms with Crippen LogP contribution in [0.5, 0.6) is 0 Å². The van der Waals surface area contributed by atoms with Gasteiger partial charge in [-0.1, -0.05) is 17.7 Å². The van der Waals surface area contributed by atoms with E-state index in [0.717, 1.165) is 0 Å². The van der Waals surface area contributed by atoms with Crippen molar-refractivity contribution in [1.29, 1.82) is 0 Å². The Labute approximate surface area is 122 Å². The second-order valence-corrected chi connectivity index (χ2v) is 6.46. The lowest BCUT2D eigenvalue weighted by Crippen LogP contribution is -2.15. The Bertz CT molecular complexity index is 707. The molecular formula is C11H7BrClFN2O2S. The second kappa shape index (κ2) is 5.44. The van der Waals surface area contributed by atoms with Gasteiger partial charge in [0.05, 0.1) is 9.50 Å². The van der Waals surface area contributed by atoms with E-state index in [0.29, 0.717) is 5.02 Å². The Hall–Kier alpha value is -1.18. The summed E-state index contributed by atoms with van der Waals surface area (Å²) in [5.41, 5.74) is 0. The van der Waals surface area contributed by atoms with E-state index in [-0.39, 0.29) is 10.3 Å². The zero-order valence-corrected chi connectivity index (χ0v) is 12.4. The normalized spacial score (nSPS) is 11.3. The summed E-state index contributed by atoms with van der Waals surface area (Å²) in [6, 6.07) is 6.86. The highest BCUT2D eigenvalue weighted by molar-refractivity contribution is 9.10. The zero-order chi connectivity index (χ0) is 14.0. The highest BCUT2D eigenvalue weighted by Gasteiger charge is 2.21. The van der Waals surface area contributed by atoms with Gasteiger partial charge in [0.25, 0.3) is 10.0 Å². The van der Waals surface area contributed by atoms with Crippen molar-refractivity contribution in [3.63, 3.8) is 0 Å². The summed E-state index contributed by atoms with van der Waals surface area (Å²) in [5.74, 6) is -0.798. The second-order valence-electron chi connectivity index (χ2n) is 3.52. The third kappa shape index (κ3) is 3.23. The lowest BCUT2D eigenvalue weighted by Gasteiger charge is -2.08. The zero-order valence-electron chi connectivity index (χ0n) is 9.27. The van der Waals surface area contributed by atoms with E-state index in [2.05, 4.69) is 25.6 Å². The molecule has 0 spiro atoms. The van der Waals surface area contributed by atoms with E-state index in [4.69, 9.17) is 11.6 Å². The van der Waals surface area contributed by atoms with Crippen molar-refractivity contribution in [3.05, 3.63) is 51.8 Å². The molecule has 2 rings (SSSR count). The number of rotatable bonds is 3. The van der Waals surface area contributed by atoms with Crippen LogP contribution in [-0.4, -0.2) is 13.4 Å². The molecule has 0 unspecified atom stereocenters. The smallest absolute Gasteiger partial charge is 0.263 e. The van der Waals surface area contributed by atoms with Crippen molar-refractivity contribution in [2.24, 2.45) is 0 Å². The summed E-state index contributed by atoms with van der Waals surface area (Å²) >= 11 is 8.57. The molecule has 0 fully saturated rings. The molecule has 8 heteroatoms. The first kappa shape index (κ1) is 14.2. The average molecular weight is 366 g/mol. The number of hydrogen-bond acceptors (Lipinski definition) is 3. The van der Waals surface area contributed by atoms with Crippen LogP contribution in [0.1, 0.15) is 0 Å². The van der Waals surface area contributed by atoms with Crippen molar-refractivity contribution in [2.75, 3.05) is 4.72 Å². The van der Waals surface area contributed by atoms with Gasteiger partial charge < -0.3 is 0 Å². The number of nitrogens with one attached hydrogen (secondary N) is 1. The molecule has 0 aliphatic carbocycles. The third-order valence-electron chi connectivity index (χ3n) is 2.17. The van der Waals surface area contributed by atoms with Gasteiger partial charge in [0.1, 0.15) is 10.7 Å². The first-order chi connectivity index (χ1) is 8.90. The van der Waals surface area contributed by atoms with Crippen LogP contribution in [0, 0.1) is 5.82 Å². The molecule has 0 bridgehead atoms. The molecule has 0 aliphatic heterocycles. The van der Waals surface area contributed by atoms with Gasteiger partial charge >= 0.3 is 0 Å². The van der Waals surface area contributed by atoms with Gasteiger partial charge in [-0.25, -0.2) is 17.8 Å². The molecule has 1 heterocycles. The minimum atomic E-state index is -4.04. The molecule has 19 heavy (non-hydrogen) atoms. The molecule has 0 radical (unpaired) electrons. The Morgan fingerprint density at radius 2 is 2.00 bits per heavy atom. The molecule has 0 saturated heterocycles. The fourth-order valence-electron chi connectivity index (χ4n) is 1.32. The van der Waals surface area contributed by atoms with Crippen LogP contribution in [0.15, 0.2) is 45.9 Å². The van der Waals surface area contributed by atoms with Crippen molar-refractivity contribution >= 4 is 43.4 Å². The summed E-state index contributed by atoms with van der Waals surface area (Å²) in [6.45, 7) is 0. The summed E-state index contributed by atoms with van der Waals surface area (Å²) in [5, 5.41) is 0.372. The summed E-state index contributed by atoms with van der Waals surface area (Å²) in [7, 11) is -4.04. The quantitative estimate of drug-likeness (QED) is 0.906. The molecule has 1 aromatic heterocycles. The van der Waals surface area contributed by atoms with Crippen LogP contribution in [0.3, 0.4) is 0 Å². The van der Waals surface area contributed by atoms with Crippen LogP contribution in [0.4, 0.5) is 10.2 Å². The Morgan fingerprint density at radius 1 is 1.26 bits per heavy atom. The van der Waals surface area contributed by atoms with E-state index >= 15 is 0 Å². The molecular weight excluding hydrogens is 359 g/mol. The number of halogens is 3. The van der Waals surface area contributed by atoms with Crippen LogP contribution >= 0.6 is 27.5 Å². The van der Waals surface area contributed by atoms with E-state index in [1.807, 2.05) is 0 Å². The minimum Gasteiger partial charge on any atom is -0.263 e. The first-order valence-electron chi connectivity index (χ1n) is 4.98. The maximum Gasteiger partial charge on any atom is 0.266 e. The van der Waals surface area contributed by atoms with E-state index in [1.165, 1.54) is 36.5 Å².